The molecule has 0 aliphatic rings. The van der Waals surface area contributed by atoms with Crippen LogP contribution >= 0.6 is 0 Å². The van der Waals surface area contributed by atoms with Crippen LogP contribution in [-0.4, -0.2) is 17.6 Å². The SMILES string of the molecule is CCOc1ccc(NC(=O)c2ccccc2)c(O)c1. The van der Waals surface area contributed by atoms with Crippen LogP contribution in [0, 0.1) is 0 Å². The Kier molecular flexibility index (Phi) is 4.03. The molecular weight excluding hydrogens is 242 g/mol. The number of ether oxygens (including phenoxy) is 1. The third-order valence-electron chi connectivity index (χ3n) is 2.56. The van der Waals surface area contributed by atoms with Crippen molar-refractivity contribution in [2.75, 3.05) is 11.9 Å². The number of benzene rings is 2. The molecule has 0 aliphatic carbocycles. The molecule has 0 saturated heterocycles. The summed E-state index contributed by atoms with van der Waals surface area (Å²) in [7, 11) is 0. The quantitative estimate of drug-likeness (QED) is 0.828. The maximum Gasteiger partial charge on any atom is 0.255 e. The Balaban J connectivity index is 2.13. The summed E-state index contributed by atoms with van der Waals surface area (Å²) in [6.07, 6.45) is 0. The number of carbonyl (C=O) groups excluding carboxylic acids is 1. The number of aromatic hydroxyl groups is 1. The van der Waals surface area contributed by atoms with E-state index < -0.39 is 0 Å². The fraction of sp³-hybridized carbons (Fsp3) is 0.133. The number of carbonyl (C=O) groups is 1. The highest BCUT2D eigenvalue weighted by molar-refractivity contribution is 6.04. The molecule has 0 bridgehead atoms. The fourth-order valence-electron chi connectivity index (χ4n) is 1.66. The van der Waals surface area contributed by atoms with Crippen molar-refractivity contribution in [3.63, 3.8) is 0 Å². The van der Waals surface area contributed by atoms with Crippen LogP contribution in [0.5, 0.6) is 11.5 Å². The van der Waals surface area contributed by atoms with E-state index in [9.17, 15) is 9.90 Å². The zero-order chi connectivity index (χ0) is 13.7. The Morgan fingerprint density at radius 3 is 2.58 bits per heavy atom. The first-order valence-corrected chi connectivity index (χ1v) is 6.03. The molecule has 0 aromatic heterocycles. The number of hydrogen-bond acceptors (Lipinski definition) is 3. The molecule has 0 atom stereocenters. The third-order valence-corrected chi connectivity index (χ3v) is 2.56. The van der Waals surface area contributed by atoms with Gasteiger partial charge in [-0.2, -0.15) is 0 Å². The predicted molar refractivity (Wildman–Crippen MR) is 73.7 cm³/mol. The van der Waals surface area contributed by atoms with Crippen LogP contribution in [0.1, 0.15) is 17.3 Å². The van der Waals surface area contributed by atoms with Gasteiger partial charge in [-0.25, -0.2) is 0 Å². The number of anilines is 1. The maximum absolute atomic E-state index is 11.9. The van der Waals surface area contributed by atoms with Crippen LogP contribution in [0.25, 0.3) is 0 Å². The molecule has 0 aliphatic heterocycles. The number of amides is 1. The number of hydrogen-bond donors (Lipinski definition) is 2. The molecule has 2 aromatic rings. The molecule has 0 saturated carbocycles. The van der Waals surface area contributed by atoms with Crippen molar-refractivity contribution in [1.82, 2.24) is 0 Å². The van der Waals surface area contributed by atoms with Crippen molar-refractivity contribution >= 4 is 11.6 Å². The van der Waals surface area contributed by atoms with Crippen LogP contribution in [0.4, 0.5) is 5.69 Å². The zero-order valence-corrected chi connectivity index (χ0v) is 10.6. The molecule has 19 heavy (non-hydrogen) atoms. The van der Waals surface area contributed by atoms with Crippen LogP contribution < -0.4 is 10.1 Å². The molecule has 2 aromatic carbocycles. The van der Waals surface area contributed by atoms with Crippen LogP contribution in [0.3, 0.4) is 0 Å². The standard InChI is InChI=1S/C15H15NO3/c1-2-19-12-8-9-13(14(17)10-12)16-15(18)11-6-4-3-5-7-11/h3-10,17H,2H2,1H3,(H,16,18). The third kappa shape index (κ3) is 3.25. The van der Waals surface area contributed by atoms with Gasteiger partial charge in [0.05, 0.1) is 12.3 Å². The minimum atomic E-state index is -0.264. The Morgan fingerprint density at radius 2 is 1.95 bits per heavy atom. The largest absolute Gasteiger partial charge is 0.506 e. The molecule has 2 N–H and O–H groups in total. The molecular formula is C15H15NO3. The van der Waals surface area contributed by atoms with Crippen LogP contribution in [0.2, 0.25) is 0 Å². The van der Waals surface area contributed by atoms with Crippen molar-refractivity contribution in [2.24, 2.45) is 0 Å². The molecule has 0 radical (unpaired) electrons. The second-order valence-electron chi connectivity index (χ2n) is 3.93. The van der Waals surface area contributed by atoms with Gasteiger partial charge in [-0.1, -0.05) is 18.2 Å². The van der Waals surface area contributed by atoms with E-state index in [-0.39, 0.29) is 11.7 Å². The second kappa shape index (κ2) is 5.91. The highest BCUT2D eigenvalue weighted by Crippen LogP contribution is 2.28. The van der Waals surface area contributed by atoms with Gasteiger partial charge in [-0.05, 0) is 31.2 Å². The summed E-state index contributed by atoms with van der Waals surface area (Å²) in [6.45, 7) is 2.39. The average molecular weight is 257 g/mol. The summed E-state index contributed by atoms with van der Waals surface area (Å²) in [5.74, 6) is 0.285. The van der Waals surface area contributed by atoms with Gasteiger partial charge >= 0.3 is 0 Å². The molecule has 4 heteroatoms. The van der Waals surface area contributed by atoms with Crippen molar-refractivity contribution in [1.29, 1.82) is 0 Å². The summed E-state index contributed by atoms with van der Waals surface area (Å²) < 4.78 is 5.26. The van der Waals surface area contributed by atoms with E-state index >= 15 is 0 Å². The monoisotopic (exact) mass is 257 g/mol. The van der Waals surface area contributed by atoms with Gasteiger partial charge in [0.2, 0.25) is 0 Å². The summed E-state index contributed by atoms with van der Waals surface area (Å²) >= 11 is 0. The highest BCUT2D eigenvalue weighted by Gasteiger charge is 2.09. The Morgan fingerprint density at radius 1 is 1.21 bits per heavy atom. The van der Waals surface area contributed by atoms with Crippen molar-refractivity contribution < 1.29 is 14.6 Å². The molecule has 2 rings (SSSR count). The molecule has 0 unspecified atom stereocenters. The maximum atomic E-state index is 11.9. The highest BCUT2D eigenvalue weighted by atomic mass is 16.5. The van der Waals surface area contributed by atoms with Crippen LogP contribution in [-0.2, 0) is 0 Å². The number of rotatable bonds is 4. The molecule has 4 nitrogen and oxygen atoms in total. The smallest absolute Gasteiger partial charge is 0.255 e. The first kappa shape index (κ1) is 13.0. The average Bonchev–Trinajstić information content (AvgIpc) is 2.43. The molecule has 98 valence electrons. The van der Waals surface area contributed by atoms with Gasteiger partial charge in [0.25, 0.3) is 5.91 Å². The van der Waals surface area contributed by atoms with Crippen molar-refractivity contribution in [3.05, 3.63) is 54.1 Å². The van der Waals surface area contributed by atoms with Gasteiger partial charge in [-0.15, -0.1) is 0 Å². The van der Waals surface area contributed by atoms with E-state index in [4.69, 9.17) is 4.74 Å². The molecule has 0 fully saturated rings. The zero-order valence-electron chi connectivity index (χ0n) is 10.6. The van der Waals surface area contributed by atoms with Gasteiger partial charge in [0.1, 0.15) is 11.5 Å². The van der Waals surface area contributed by atoms with E-state index in [2.05, 4.69) is 5.32 Å². The summed E-state index contributed by atoms with van der Waals surface area (Å²) in [5, 5.41) is 12.5. The summed E-state index contributed by atoms with van der Waals surface area (Å²) in [6, 6.07) is 13.6. The predicted octanol–water partition coefficient (Wildman–Crippen LogP) is 3.04. The summed E-state index contributed by atoms with van der Waals surface area (Å²) in [5.41, 5.74) is 0.896. The van der Waals surface area contributed by atoms with E-state index in [1.165, 1.54) is 6.07 Å². The number of nitrogens with one attached hydrogen (secondary N) is 1. The van der Waals surface area contributed by atoms with Gasteiger partial charge in [0.15, 0.2) is 0 Å². The van der Waals surface area contributed by atoms with E-state index in [1.54, 1.807) is 36.4 Å². The summed E-state index contributed by atoms with van der Waals surface area (Å²) in [4.78, 5) is 11.9. The first-order chi connectivity index (χ1) is 9.20. The van der Waals surface area contributed by atoms with Crippen LogP contribution in [0.15, 0.2) is 48.5 Å². The van der Waals surface area contributed by atoms with Gasteiger partial charge in [-0.3, -0.25) is 4.79 Å². The normalized spacial score (nSPS) is 9.95. The van der Waals surface area contributed by atoms with E-state index in [0.717, 1.165) is 0 Å². The van der Waals surface area contributed by atoms with E-state index in [0.29, 0.717) is 23.6 Å². The number of phenols is 1. The Bertz CT molecular complexity index is 567. The fourth-order valence-corrected chi connectivity index (χ4v) is 1.66. The first-order valence-electron chi connectivity index (χ1n) is 6.03. The minimum absolute atomic E-state index is 0.0183. The van der Waals surface area contributed by atoms with Gasteiger partial charge < -0.3 is 15.2 Å². The Labute approximate surface area is 111 Å². The lowest BCUT2D eigenvalue weighted by molar-refractivity contribution is 0.102. The van der Waals surface area contributed by atoms with Gasteiger partial charge in [0, 0.05) is 11.6 Å². The van der Waals surface area contributed by atoms with Crippen molar-refractivity contribution in [2.45, 2.75) is 6.92 Å². The topological polar surface area (TPSA) is 58.6 Å². The lowest BCUT2D eigenvalue weighted by Gasteiger charge is -2.09. The molecule has 1 amide bonds. The number of phenolic OH excluding ortho intramolecular Hbond substituents is 1. The molecule has 0 heterocycles. The second-order valence-corrected chi connectivity index (χ2v) is 3.93. The molecule has 0 spiro atoms. The van der Waals surface area contributed by atoms with Crippen molar-refractivity contribution in [3.8, 4) is 11.5 Å². The van der Waals surface area contributed by atoms with E-state index in [1.807, 2.05) is 13.0 Å². The Hall–Kier alpha value is -2.49. The lowest BCUT2D eigenvalue weighted by atomic mass is 10.2. The minimum Gasteiger partial charge on any atom is -0.506 e. The lowest BCUT2D eigenvalue weighted by Crippen LogP contribution is -2.11.